The second-order valence-electron chi connectivity index (χ2n) is 5.01. The molecule has 0 aliphatic carbocycles. The number of nitrogens with two attached hydrogens (primary N) is 1. The molecule has 0 saturated heterocycles. The van der Waals surface area contributed by atoms with Crippen molar-refractivity contribution in [2.45, 2.75) is 13.1 Å². The van der Waals surface area contributed by atoms with Crippen molar-refractivity contribution in [1.29, 1.82) is 0 Å². The van der Waals surface area contributed by atoms with E-state index in [0.717, 1.165) is 33.7 Å². The van der Waals surface area contributed by atoms with Gasteiger partial charge in [0.15, 0.2) is 0 Å². The fourth-order valence-electron chi connectivity index (χ4n) is 2.69. The van der Waals surface area contributed by atoms with Crippen LogP contribution < -0.4 is 5.73 Å². The molecule has 0 spiro atoms. The van der Waals surface area contributed by atoms with Crippen molar-refractivity contribution in [1.82, 2.24) is 19.5 Å². The molecule has 2 aromatic heterocycles. The molecule has 0 atom stereocenters. The van der Waals surface area contributed by atoms with Gasteiger partial charge in [-0.25, -0.2) is 9.97 Å². The molecule has 0 bridgehead atoms. The third kappa shape index (κ3) is 1.98. The number of fused-ring (bicyclic) bond motifs is 2. The topological polar surface area (TPSA) is 72.5 Å². The van der Waals surface area contributed by atoms with E-state index in [1.54, 1.807) is 0 Å². The molecule has 0 aliphatic heterocycles. The Labute approximate surface area is 121 Å². The molecule has 0 radical (unpaired) electrons. The Balaban J connectivity index is 1.82. The molecular formula is C16H15N5. The van der Waals surface area contributed by atoms with Crippen LogP contribution in [0, 0.1) is 0 Å². The molecule has 0 aliphatic rings. The highest BCUT2D eigenvalue weighted by molar-refractivity contribution is 5.76. The number of para-hydroxylation sites is 4. The van der Waals surface area contributed by atoms with E-state index in [4.69, 9.17) is 5.73 Å². The molecule has 21 heavy (non-hydrogen) atoms. The first-order valence-corrected chi connectivity index (χ1v) is 6.93. The average molecular weight is 277 g/mol. The first-order chi connectivity index (χ1) is 10.3. The fourth-order valence-corrected chi connectivity index (χ4v) is 2.69. The second-order valence-corrected chi connectivity index (χ2v) is 5.01. The number of aromatic amines is 1. The smallest absolute Gasteiger partial charge is 0.127 e. The predicted molar refractivity (Wildman–Crippen MR) is 82.8 cm³/mol. The quantitative estimate of drug-likeness (QED) is 0.604. The Bertz CT molecular complexity index is 886. The largest absolute Gasteiger partial charge is 0.340 e. The van der Waals surface area contributed by atoms with Gasteiger partial charge in [-0.2, -0.15) is 0 Å². The minimum absolute atomic E-state index is 0.412. The zero-order chi connectivity index (χ0) is 14.2. The van der Waals surface area contributed by atoms with Gasteiger partial charge >= 0.3 is 0 Å². The van der Waals surface area contributed by atoms with Gasteiger partial charge in [0.25, 0.3) is 0 Å². The first-order valence-electron chi connectivity index (χ1n) is 6.93. The van der Waals surface area contributed by atoms with E-state index in [9.17, 15) is 0 Å². The van der Waals surface area contributed by atoms with Gasteiger partial charge in [-0.05, 0) is 24.3 Å². The average Bonchev–Trinajstić information content (AvgIpc) is 3.08. The van der Waals surface area contributed by atoms with Crippen LogP contribution >= 0.6 is 0 Å². The van der Waals surface area contributed by atoms with Crippen LogP contribution in [0.2, 0.25) is 0 Å². The van der Waals surface area contributed by atoms with Crippen LogP contribution in [0.5, 0.6) is 0 Å². The van der Waals surface area contributed by atoms with Crippen molar-refractivity contribution in [3.8, 4) is 0 Å². The first kappa shape index (κ1) is 12.1. The third-order valence-corrected chi connectivity index (χ3v) is 3.66. The SMILES string of the molecule is NCc1nc2ccccc2n1Cc1nc2ccccc2[nH]1. The number of imidazole rings is 2. The van der Waals surface area contributed by atoms with Crippen molar-refractivity contribution < 1.29 is 0 Å². The number of nitrogens with zero attached hydrogens (tertiary/aromatic N) is 3. The van der Waals surface area contributed by atoms with E-state index in [-0.39, 0.29) is 0 Å². The van der Waals surface area contributed by atoms with Gasteiger partial charge in [-0.3, -0.25) is 0 Å². The number of rotatable bonds is 3. The maximum Gasteiger partial charge on any atom is 0.127 e. The van der Waals surface area contributed by atoms with Crippen molar-refractivity contribution >= 4 is 22.1 Å². The van der Waals surface area contributed by atoms with Gasteiger partial charge in [0.05, 0.1) is 35.2 Å². The maximum absolute atomic E-state index is 5.83. The Hall–Kier alpha value is -2.66. The highest BCUT2D eigenvalue weighted by atomic mass is 15.1. The van der Waals surface area contributed by atoms with Gasteiger partial charge < -0.3 is 15.3 Å². The summed E-state index contributed by atoms with van der Waals surface area (Å²) in [6, 6.07) is 16.1. The summed E-state index contributed by atoms with van der Waals surface area (Å²) in [6.45, 7) is 1.05. The molecule has 2 heterocycles. The number of aromatic nitrogens is 4. The lowest BCUT2D eigenvalue weighted by Crippen LogP contribution is -2.10. The Morgan fingerprint density at radius 2 is 1.71 bits per heavy atom. The summed E-state index contributed by atoms with van der Waals surface area (Å²) in [4.78, 5) is 12.6. The molecule has 104 valence electrons. The Kier molecular flexibility index (Phi) is 2.72. The summed E-state index contributed by atoms with van der Waals surface area (Å²) < 4.78 is 2.12. The van der Waals surface area contributed by atoms with Crippen LogP contribution in [0.25, 0.3) is 22.1 Å². The summed E-state index contributed by atoms with van der Waals surface area (Å²) in [6.07, 6.45) is 0. The van der Waals surface area contributed by atoms with Crippen LogP contribution in [0.3, 0.4) is 0 Å². The lowest BCUT2D eigenvalue weighted by Gasteiger charge is -2.05. The van der Waals surface area contributed by atoms with E-state index in [1.165, 1.54) is 0 Å². The third-order valence-electron chi connectivity index (χ3n) is 3.66. The summed E-state index contributed by atoms with van der Waals surface area (Å²) in [7, 11) is 0. The number of nitrogens with one attached hydrogen (secondary N) is 1. The maximum atomic E-state index is 5.83. The zero-order valence-corrected chi connectivity index (χ0v) is 11.5. The van der Waals surface area contributed by atoms with Crippen LogP contribution in [0.1, 0.15) is 11.6 Å². The highest BCUT2D eigenvalue weighted by Crippen LogP contribution is 2.18. The molecule has 4 aromatic rings. The number of hydrogen-bond donors (Lipinski definition) is 2. The highest BCUT2D eigenvalue weighted by Gasteiger charge is 2.11. The van der Waals surface area contributed by atoms with E-state index >= 15 is 0 Å². The molecule has 2 aromatic carbocycles. The summed E-state index contributed by atoms with van der Waals surface area (Å²) in [5.41, 5.74) is 9.90. The second kappa shape index (κ2) is 4.71. The molecule has 5 heteroatoms. The Morgan fingerprint density at radius 3 is 2.52 bits per heavy atom. The summed E-state index contributed by atoms with van der Waals surface area (Å²) >= 11 is 0. The molecule has 0 unspecified atom stereocenters. The van der Waals surface area contributed by atoms with Gasteiger partial charge in [0, 0.05) is 0 Å². The van der Waals surface area contributed by atoms with Crippen molar-refractivity contribution in [2.24, 2.45) is 5.73 Å². The molecule has 4 rings (SSSR count). The molecule has 5 nitrogen and oxygen atoms in total. The van der Waals surface area contributed by atoms with Crippen LogP contribution in [0.4, 0.5) is 0 Å². The van der Waals surface area contributed by atoms with Crippen LogP contribution in [-0.4, -0.2) is 19.5 Å². The van der Waals surface area contributed by atoms with Crippen LogP contribution in [-0.2, 0) is 13.1 Å². The van der Waals surface area contributed by atoms with E-state index in [1.807, 2.05) is 42.5 Å². The summed E-state index contributed by atoms with van der Waals surface area (Å²) in [5, 5.41) is 0. The normalized spacial score (nSPS) is 11.5. The molecule has 0 fully saturated rings. The monoisotopic (exact) mass is 277 g/mol. The summed E-state index contributed by atoms with van der Waals surface area (Å²) in [5.74, 6) is 1.78. The van der Waals surface area contributed by atoms with Gasteiger partial charge in [-0.15, -0.1) is 0 Å². The van der Waals surface area contributed by atoms with Crippen molar-refractivity contribution in [3.05, 3.63) is 60.2 Å². The lowest BCUT2D eigenvalue weighted by molar-refractivity contribution is 0.718. The molecular weight excluding hydrogens is 262 g/mol. The van der Waals surface area contributed by atoms with E-state index < -0.39 is 0 Å². The lowest BCUT2D eigenvalue weighted by atomic mass is 10.3. The van der Waals surface area contributed by atoms with E-state index in [2.05, 4.69) is 25.6 Å². The minimum atomic E-state index is 0.412. The number of benzene rings is 2. The Morgan fingerprint density at radius 1 is 0.952 bits per heavy atom. The van der Waals surface area contributed by atoms with E-state index in [0.29, 0.717) is 13.1 Å². The fraction of sp³-hybridized carbons (Fsp3) is 0.125. The number of hydrogen-bond acceptors (Lipinski definition) is 3. The minimum Gasteiger partial charge on any atom is -0.340 e. The standard InChI is InChI=1S/C16H15N5/c17-9-16-20-13-7-3-4-8-14(13)21(16)10-15-18-11-5-1-2-6-12(11)19-15/h1-8H,9-10,17H2,(H,18,19). The molecule has 3 N–H and O–H groups in total. The van der Waals surface area contributed by atoms with Crippen molar-refractivity contribution in [2.75, 3.05) is 0 Å². The number of H-pyrrole nitrogens is 1. The molecule has 0 amide bonds. The predicted octanol–water partition coefficient (Wildman–Crippen LogP) is 2.42. The zero-order valence-electron chi connectivity index (χ0n) is 11.5. The van der Waals surface area contributed by atoms with Gasteiger partial charge in [-0.1, -0.05) is 24.3 Å². The van der Waals surface area contributed by atoms with Gasteiger partial charge in [0.2, 0.25) is 0 Å². The van der Waals surface area contributed by atoms with Crippen molar-refractivity contribution in [3.63, 3.8) is 0 Å². The molecule has 0 saturated carbocycles. The van der Waals surface area contributed by atoms with Gasteiger partial charge in [0.1, 0.15) is 11.6 Å². The van der Waals surface area contributed by atoms with Crippen LogP contribution in [0.15, 0.2) is 48.5 Å².